The molecule has 0 bridgehead atoms. The molecule has 2 rings (SSSR count). The number of nitrogens with two attached hydrogens (primary N) is 1. The standard InChI is InChI=1S/C13H17BrN2O2/c1-9-8-10(14)2-3-11(9)16-6-4-13(15,5-7-16)12(17)18/h2-3,8H,4-7,15H2,1H3,(H,17,18). The second-order valence-corrected chi connectivity index (χ2v) is 5.79. The fourth-order valence-electron chi connectivity index (χ4n) is 2.33. The Morgan fingerprint density at radius 1 is 1.44 bits per heavy atom. The summed E-state index contributed by atoms with van der Waals surface area (Å²) in [5, 5.41) is 9.10. The molecule has 4 nitrogen and oxygen atoms in total. The van der Waals surface area contributed by atoms with E-state index in [1.165, 1.54) is 5.56 Å². The van der Waals surface area contributed by atoms with Crippen LogP contribution in [0.25, 0.3) is 0 Å². The number of anilines is 1. The molecular weight excluding hydrogens is 296 g/mol. The van der Waals surface area contributed by atoms with Crippen molar-refractivity contribution in [2.75, 3.05) is 18.0 Å². The molecule has 1 aliphatic rings. The van der Waals surface area contributed by atoms with Crippen molar-refractivity contribution in [3.63, 3.8) is 0 Å². The van der Waals surface area contributed by atoms with Gasteiger partial charge in [-0.2, -0.15) is 0 Å². The lowest BCUT2D eigenvalue weighted by Crippen LogP contribution is -2.55. The molecule has 1 saturated heterocycles. The Balaban J connectivity index is 2.12. The summed E-state index contributed by atoms with van der Waals surface area (Å²) in [7, 11) is 0. The monoisotopic (exact) mass is 312 g/mol. The zero-order valence-electron chi connectivity index (χ0n) is 10.3. The summed E-state index contributed by atoms with van der Waals surface area (Å²) in [6.07, 6.45) is 0.968. The topological polar surface area (TPSA) is 66.6 Å². The quantitative estimate of drug-likeness (QED) is 0.878. The third kappa shape index (κ3) is 2.52. The van der Waals surface area contributed by atoms with Crippen LogP contribution >= 0.6 is 15.9 Å². The number of carbonyl (C=O) groups is 1. The van der Waals surface area contributed by atoms with Crippen LogP contribution < -0.4 is 10.6 Å². The normalized spacial score (nSPS) is 18.7. The zero-order chi connectivity index (χ0) is 13.3. The summed E-state index contributed by atoms with van der Waals surface area (Å²) in [6.45, 7) is 3.43. The minimum absolute atomic E-state index is 0.484. The van der Waals surface area contributed by atoms with Crippen molar-refractivity contribution in [2.45, 2.75) is 25.3 Å². The largest absolute Gasteiger partial charge is 0.480 e. The maximum absolute atomic E-state index is 11.1. The van der Waals surface area contributed by atoms with Gasteiger partial charge in [-0.15, -0.1) is 0 Å². The van der Waals surface area contributed by atoms with E-state index >= 15 is 0 Å². The van der Waals surface area contributed by atoms with Gasteiger partial charge in [-0.05, 0) is 43.5 Å². The first-order valence-corrected chi connectivity index (χ1v) is 6.75. The van der Waals surface area contributed by atoms with Crippen molar-refractivity contribution >= 4 is 27.6 Å². The maximum Gasteiger partial charge on any atom is 0.323 e. The second-order valence-electron chi connectivity index (χ2n) is 4.88. The number of piperidine rings is 1. The summed E-state index contributed by atoms with van der Waals surface area (Å²) in [5.74, 6) is -0.894. The highest BCUT2D eigenvalue weighted by molar-refractivity contribution is 9.10. The van der Waals surface area contributed by atoms with E-state index in [4.69, 9.17) is 10.8 Å². The van der Waals surface area contributed by atoms with Gasteiger partial charge in [0.05, 0.1) is 0 Å². The van der Waals surface area contributed by atoms with Crippen molar-refractivity contribution in [1.29, 1.82) is 0 Å². The number of nitrogens with zero attached hydrogens (tertiary/aromatic N) is 1. The Kier molecular flexibility index (Phi) is 3.64. The van der Waals surface area contributed by atoms with E-state index in [-0.39, 0.29) is 0 Å². The van der Waals surface area contributed by atoms with Crippen LogP contribution in [0.4, 0.5) is 5.69 Å². The van der Waals surface area contributed by atoms with E-state index in [1.54, 1.807) is 0 Å². The highest BCUT2D eigenvalue weighted by Crippen LogP contribution is 2.29. The average molecular weight is 313 g/mol. The van der Waals surface area contributed by atoms with Crippen LogP contribution in [0.5, 0.6) is 0 Å². The average Bonchev–Trinajstić information content (AvgIpc) is 2.31. The Hall–Kier alpha value is -1.07. The van der Waals surface area contributed by atoms with Gasteiger partial charge in [-0.3, -0.25) is 4.79 Å². The number of aliphatic carboxylic acids is 1. The van der Waals surface area contributed by atoms with Gasteiger partial charge in [-0.1, -0.05) is 15.9 Å². The number of benzene rings is 1. The first kappa shape index (κ1) is 13.4. The minimum Gasteiger partial charge on any atom is -0.480 e. The Labute approximate surface area is 115 Å². The molecule has 0 atom stereocenters. The van der Waals surface area contributed by atoms with E-state index < -0.39 is 11.5 Å². The van der Waals surface area contributed by atoms with Gasteiger partial charge in [0.25, 0.3) is 0 Å². The number of carboxylic acids is 1. The van der Waals surface area contributed by atoms with Crippen molar-refractivity contribution in [2.24, 2.45) is 5.73 Å². The van der Waals surface area contributed by atoms with E-state index in [1.807, 2.05) is 6.07 Å². The predicted octanol–water partition coefficient (Wildman–Crippen LogP) is 2.14. The molecule has 18 heavy (non-hydrogen) atoms. The van der Waals surface area contributed by atoms with Crippen molar-refractivity contribution in [3.8, 4) is 0 Å². The number of hydrogen-bond donors (Lipinski definition) is 2. The van der Waals surface area contributed by atoms with Gasteiger partial charge in [0.1, 0.15) is 5.54 Å². The SMILES string of the molecule is Cc1cc(Br)ccc1N1CCC(N)(C(=O)O)CC1. The number of halogens is 1. The molecule has 98 valence electrons. The Morgan fingerprint density at radius 3 is 2.56 bits per heavy atom. The van der Waals surface area contributed by atoms with E-state index in [0.717, 1.165) is 10.2 Å². The highest BCUT2D eigenvalue weighted by atomic mass is 79.9. The van der Waals surface area contributed by atoms with Gasteiger partial charge in [0.2, 0.25) is 0 Å². The van der Waals surface area contributed by atoms with Crippen LogP contribution in [0, 0.1) is 6.92 Å². The molecule has 3 N–H and O–H groups in total. The van der Waals surface area contributed by atoms with Crippen LogP contribution in [0.2, 0.25) is 0 Å². The lowest BCUT2D eigenvalue weighted by Gasteiger charge is -2.38. The molecule has 1 aromatic rings. The lowest BCUT2D eigenvalue weighted by atomic mass is 9.88. The Bertz CT molecular complexity index is 468. The predicted molar refractivity (Wildman–Crippen MR) is 74.9 cm³/mol. The zero-order valence-corrected chi connectivity index (χ0v) is 11.9. The maximum atomic E-state index is 11.1. The number of carboxylic acid groups (broad SMARTS) is 1. The van der Waals surface area contributed by atoms with E-state index in [0.29, 0.717) is 25.9 Å². The number of hydrogen-bond acceptors (Lipinski definition) is 3. The summed E-state index contributed by atoms with van der Waals surface area (Å²) in [6, 6.07) is 6.13. The summed E-state index contributed by atoms with van der Waals surface area (Å²) in [4.78, 5) is 13.3. The summed E-state index contributed by atoms with van der Waals surface area (Å²) < 4.78 is 1.06. The van der Waals surface area contributed by atoms with Crippen molar-refractivity contribution in [3.05, 3.63) is 28.2 Å². The molecular formula is C13H17BrN2O2. The van der Waals surface area contributed by atoms with Crippen molar-refractivity contribution in [1.82, 2.24) is 0 Å². The molecule has 0 aromatic heterocycles. The molecule has 0 saturated carbocycles. The molecule has 1 aromatic carbocycles. The molecule has 0 unspecified atom stereocenters. The van der Waals surface area contributed by atoms with Crippen LogP contribution in [0.15, 0.2) is 22.7 Å². The van der Waals surface area contributed by atoms with E-state index in [2.05, 4.69) is 39.9 Å². The first-order chi connectivity index (χ1) is 8.42. The molecule has 5 heteroatoms. The molecule has 1 aliphatic heterocycles. The molecule has 0 spiro atoms. The molecule has 1 fully saturated rings. The van der Waals surface area contributed by atoms with Gasteiger partial charge in [0, 0.05) is 23.2 Å². The number of aryl methyl sites for hydroxylation is 1. The summed E-state index contributed by atoms with van der Waals surface area (Å²) in [5.41, 5.74) is 7.16. The molecule has 1 heterocycles. The second kappa shape index (κ2) is 4.90. The Morgan fingerprint density at radius 2 is 2.06 bits per heavy atom. The fourth-order valence-corrected chi connectivity index (χ4v) is 2.81. The van der Waals surface area contributed by atoms with Crippen LogP contribution in [-0.2, 0) is 4.79 Å². The summed E-state index contributed by atoms with van der Waals surface area (Å²) >= 11 is 3.44. The third-order valence-corrected chi connectivity index (χ3v) is 4.07. The van der Waals surface area contributed by atoms with E-state index in [9.17, 15) is 4.79 Å². The smallest absolute Gasteiger partial charge is 0.323 e. The van der Waals surface area contributed by atoms with Crippen LogP contribution in [-0.4, -0.2) is 29.7 Å². The molecule has 0 amide bonds. The van der Waals surface area contributed by atoms with Crippen LogP contribution in [0.1, 0.15) is 18.4 Å². The van der Waals surface area contributed by atoms with Crippen molar-refractivity contribution < 1.29 is 9.90 Å². The number of rotatable bonds is 2. The van der Waals surface area contributed by atoms with Gasteiger partial charge in [0.15, 0.2) is 0 Å². The first-order valence-electron chi connectivity index (χ1n) is 5.96. The van der Waals surface area contributed by atoms with Crippen LogP contribution in [0.3, 0.4) is 0 Å². The minimum atomic E-state index is -1.06. The third-order valence-electron chi connectivity index (χ3n) is 3.58. The molecule has 0 aliphatic carbocycles. The van der Waals surface area contributed by atoms with Gasteiger partial charge in [-0.25, -0.2) is 0 Å². The van der Waals surface area contributed by atoms with Gasteiger partial charge < -0.3 is 15.7 Å². The fraction of sp³-hybridized carbons (Fsp3) is 0.462. The molecule has 0 radical (unpaired) electrons. The highest BCUT2D eigenvalue weighted by Gasteiger charge is 2.37. The van der Waals surface area contributed by atoms with Gasteiger partial charge >= 0.3 is 5.97 Å². The lowest BCUT2D eigenvalue weighted by molar-refractivity contribution is -0.144.